The number of amides is 1. The zero-order valence-corrected chi connectivity index (χ0v) is 15.2. The van der Waals surface area contributed by atoms with Gasteiger partial charge in [0.2, 0.25) is 0 Å². The minimum absolute atomic E-state index is 0.204. The molecule has 1 atom stereocenters. The van der Waals surface area contributed by atoms with E-state index >= 15 is 0 Å². The van der Waals surface area contributed by atoms with Gasteiger partial charge in [0, 0.05) is 18.4 Å². The average molecular weight is 375 g/mol. The van der Waals surface area contributed by atoms with Gasteiger partial charge in [-0.1, -0.05) is 54.6 Å². The molecule has 1 amide bonds. The van der Waals surface area contributed by atoms with Gasteiger partial charge in [-0.2, -0.15) is 0 Å². The number of rotatable bonds is 3. The summed E-state index contributed by atoms with van der Waals surface area (Å²) in [6, 6.07) is 20.7. The fraction of sp³-hybridized carbons (Fsp3) is 0.208. The van der Waals surface area contributed by atoms with Crippen LogP contribution in [0, 0.1) is 17.6 Å². The quantitative estimate of drug-likeness (QED) is 0.686. The molecule has 2 bridgehead atoms. The van der Waals surface area contributed by atoms with Gasteiger partial charge in [-0.3, -0.25) is 4.79 Å². The molecule has 140 valence electrons. The second kappa shape index (κ2) is 6.55. The van der Waals surface area contributed by atoms with Crippen LogP contribution in [-0.4, -0.2) is 12.5 Å². The Bertz CT molecular complexity index is 1030. The lowest BCUT2D eigenvalue weighted by molar-refractivity contribution is 0.0938. The number of nitrogens with one attached hydrogen (secondary N) is 1. The Morgan fingerprint density at radius 2 is 1.46 bits per heavy atom. The Kier molecular flexibility index (Phi) is 4.00. The number of carbonyl (C=O) groups is 1. The Morgan fingerprint density at radius 3 is 2.11 bits per heavy atom. The van der Waals surface area contributed by atoms with Crippen LogP contribution in [-0.2, 0) is 0 Å². The molecule has 28 heavy (non-hydrogen) atoms. The summed E-state index contributed by atoms with van der Waals surface area (Å²) in [6.07, 6.45) is 0.935. The van der Waals surface area contributed by atoms with Crippen molar-refractivity contribution in [3.8, 4) is 0 Å². The second-order valence-corrected chi connectivity index (χ2v) is 7.60. The molecule has 0 spiro atoms. The smallest absolute Gasteiger partial charge is 0.254 e. The third-order valence-electron chi connectivity index (χ3n) is 6.14. The minimum atomic E-state index is -1.10. The topological polar surface area (TPSA) is 29.1 Å². The molecule has 4 heteroatoms. The average Bonchev–Trinajstić information content (AvgIpc) is 2.74. The molecule has 1 unspecified atom stereocenters. The zero-order chi connectivity index (χ0) is 19.3. The third-order valence-corrected chi connectivity index (χ3v) is 6.14. The Morgan fingerprint density at radius 1 is 0.857 bits per heavy atom. The van der Waals surface area contributed by atoms with Crippen molar-refractivity contribution in [2.24, 2.45) is 5.92 Å². The predicted octanol–water partition coefficient (Wildman–Crippen LogP) is 4.99. The number of benzene rings is 3. The molecule has 0 radical (unpaired) electrons. The van der Waals surface area contributed by atoms with Crippen LogP contribution in [0.15, 0.2) is 66.7 Å². The summed E-state index contributed by atoms with van der Waals surface area (Å²) in [5, 5.41) is 2.84. The number of carbonyl (C=O) groups excluding carboxylic acids is 1. The highest BCUT2D eigenvalue weighted by atomic mass is 19.2. The van der Waals surface area contributed by atoms with Gasteiger partial charge in [0.1, 0.15) is 0 Å². The van der Waals surface area contributed by atoms with Crippen LogP contribution in [0.2, 0.25) is 0 Å². The number of fused-ring (bicyclic) bond motifs is 1. The van der Waals surface area contributed by atoms with Crippen molar-refractivity contribution in [3.05, 3.63) is 106 Å². The van der Waals surface area contributed by atoms with Crippen molar-refractivity contribution in [1.29, 1.82) is 0 Å². The zero-order valence-electron chi connectivity index (χ0n) is 15.2. The number of halogens is 2. The van der Waals surface area contributed by atoms with Crippen LogP contribution in [0.5, 0.6) is 0 Å². The fourth-order valence-electron chi connectivity index (χ4n) is 4.96. The molecule has 0 saturated heterocycles. The van der Waals surface area contributed by atoms with E-state index in [2.05, 4.69) is 53.8 Å². The summed E-state index contributed by atoms with van der Waals surface area (Å²) in [7, 11) is 0. The van der Waals surface area contributed by atoms with Crippen molar-refractivity contribution in [2.75, 3.05) is 6.54 Å². The first kappa shape index (κ1) is 17.1. The highest BCUT2D eigenvalue weighted by Crippen LogP contribution is 2.55. The summed E-state index contributed by atoms with van der Waals surface area (Å²) in [4.78, 5) is 12.4. The maximum Gasteiger partial charge on any atom is 0.254 e. The van der Waals surface area contributed by atoms with Crippen molar-refractivity contribution in [3.63, 3.8) is 0 Å². The van der Waals surface area contributed by atoms with Crippen molar-refractivity contribution < 1.29 is 13.6 Å². The van der Waals surface area contributed by atoms with Crippen LogP contribution in [0.4, 0.5) is 8.78 Å². The Labute approximate surface area is 162 Å². The lowest BCUT2D eigenvalue weighted by atomic mass is 9.59. The van der Waals surface area contributed by atoms with Crippen molar-refractivity contribution in [2.45, 2.75) is 18.3 Å². The normalized spacial score (nSPS) is 21.7. The number of hydrogen-bond donors (Lipinski definition) is 1. The SMILES string of the molecule is O=C(NCC1CC2c3ccccc3C1c1ccccc12)c1cccc(F)c1F. The molecule has 0 saturated carbocycles. The third kappa shape index (κ3) is 2.55. The van der Waals surface area contributed by atoms with E-state index in [9.17, 15) is 13.6 Å². The standard InChI is InChI=1S/C24H19F2NO/c25-21-11-5-10-19(23(21)26)24(28)27-13-14-12-20-15-6-1-3-8-17(15)22(14)18-9-4-2-7-16(18)20/h1-11,14,20,22H,12-13H2,(H,27,28). The van der Waals surface area contributed by atoms with Crippen LogP contribution in [0.3, 0.4) is 0 Å². The highest BCUT2D eigenvalue weighted by molar-refractivity contribution is 5.94. The van der Waals surface area contributed by atoms with Crippen LogP contribution >= 0.6 is 0 Å². The lowest BCUT2D eigenvalue weighted by Gasteiger charge is -2.45. The van der Waals surface area contributed by atoms with E-state index < -0.39 is 17.5 Å². The van der Waals surface area contributed by atoms with Crippen LogP contribution in [0.1, 0.15) is 50.9 Å². The van der Waals surface area contributed by atoms with E-state index in [0.29, 0.717) is 12.5 Å². The van der Waals surface area contributed by atoms with E-state index in [4.69, 9.17) is 0 Å². The first-order valence-electron chi connectivity index (χ1n) is 9.55. The first-order valence-corrected chi connectivity index (χ1v) is 9.55. The van der Waals surface area contributed by atoms with Gasteiger partial charge < -0.3 is 5.32 Å². The van der Waals surface area contributed by atoms with E-state index in [0.717, 1.165) is 12.5 Å². The maximum atomic E-state index is 13.9. The van der Waals surface area contributed by atoms with Gasteiger partial charge >= 0.3 is 0 Å². The molecule has 3 aliphatic rings. The molecule has 6 rings (SSSR count). The predicted molar refractivity (Wildman–Crippen MR) is 103 cm³/mol. The van der Waals surface area contributed by atoms with Crippen molar-refractivity contribution in [1.82, 2.24) is 5.32 Å². The van der Waals surface area contributed by atoms with Gasteiger partial charge in [0.25, 0.3) is 5.91 Å². The van der Waals surface area contributed by atoms with Crippen LogP contribution in [0.25, 0.3) is 0 Å². The van der Waals surface area contributed by atoms with Gasteiger partial charge in [-0.15, -0.1) is 0 Å². The summed E-state index contributed by atoms with van der Waals surface area (Å²) < 4.78 is 27.4. The summed E-state index contributed by atoms with van der Waals surface area (Å²) >= 11 is 0. The summed E-state index contributed by atoms with van der Waals surface area (Å²) in [6.45, 7) is 0.429. The monoisotopic (exact) mass is 375 g/mol. The Balaban J connectivity index is 1.43. The van der Waals surface area contributed by atoms with Crippen molar-refractivity contribution >= 4 is 5.91 Å². The van der Waals surface area contributed by atoms with E-state index in [1.54, 1.807) is 0 Å². The lowest BCUT2D eigenvalue weighted by Crippen LogP contribution is -2.39. The number of hydrogen-bond acceptors (Lipinski definition) is 1. The van der Waals surface area contributed by atoms with Crippen LogP contribution < -0.4 is 5.32 Å². The minimum Gasteiger partial charge on any atom is -0.352 e. The molecule has 3 aromatic carbocycles. The summed E-state index contributed by atoms with van der Waals surface area (Å²) in [5.41, 5.74) is 5.11. The molecular formula is C24H19F2NO. The van der Waals surface area contributed by atoms with Gasteiger partial charge in [0.15, 0.2) is 11.6 Å². The molecular weight excluding hydrogens is 356 g/mol. The molecule has 1 N–H and O–H groups in total. The molecule has 2 nitrogen and oxygen atoms in total. The highest BCUT2D eigenvalue weighted by Gasteiger charge is 2.42. The van der Waals surface area contributed by atoms with E-state index in [1.807, 2.05) is 0 Å². The second-order valence-electron chi connectivity index (χ2n) is 7.60. The largest absolute Gasteiger partial charge is 0.352 e. The molecule has 0 aromatic heterocycles. The molecule has 0 heterocycles. The molecule has 3 aromatic rings. The van der Waals surface area contributed by atoms with Gasteiger partial charge in [-0.05, 0) is 46.7 Å². The first-order chi connectivity index (χ1) is 13.6. The van der Waals surface area contributed by atoms with E-state index in [-0.39, 0.29) is 17.4 Å². The van der Waals surface area contributed by atoms with Gasteiger partial charge in [-0.25, -0.2) is 8.78 Å². The van der Waals surface area contributed by atoms with E-state index in [1.165, 1.54) is 34.4 Å². The molecule has 0 fully saturated rings. The fourth-order valence-corrected chi connectivity index (χ4v) is 4.96. The Hall–Kier alpha value is -3.01. The molecule has 0 aliphatic heterocycles. The van der Waals surface area contributed by atoms with Gasteiger partial charge in [0.05, 0.1) is 5.56 Å². The maximum absolute atomic E-state index is 13.9. The summed E-state index contributed by atoms with van der Waals surface area (Å²) in [5.74, 6) is -1.94. The molecule has 3 aliphatic carbocycles.